The standard InChI is InChI=1S/C20H23NO4S/c1-13(22)19-8-14(12-26-19)9-20(23)21-7-6-15(11-21)17-10-16(24-2)4-5-18(17)25-3/h4-5,8,10,12,15H,6-7,9,11H2,1-3H3/t15-/m0/s1. The number of Topliss-reactive ketones (excluding diaryl/α,β-unsaturated/α-hetero) is 1. The number of ether oxygens (including phenoxy) is 2. The quantitative estimate of drug-likeness (QED) is 0.727. The van der Waals surface area contributed by atoms with E-state index in [2.05, 4.69) is 0 Å². The zero-order valence-corrected chi connectivity index (χ0v) is 16.1. The molecule has 5 nitrogen and oxygen atoms in total. The van der Waals surface area contributed by atoms with Crippen molar-refractivity contribution in [3.63, 3.8) is 0 Å². The minimum absolute atomic E-state index is 0.0417. The molecule has 6 heteroatoms. The average Bonchev–Trinajstić information content (AvgIpc) is 3.30. The third-order valence-corrected chi connectivity index (χ3v) is 5.85. The topological polar surface area (TPSA) is 55.8 Å². The normalized spacial score (nSPS) is 16.6. The van der Waals surface area contributed by atoms with Crippen molar-refractivity contribution in [2.45, 2.75) is 25.7 Å². The molecule has 0 saturated carbocycles. The predicted octanol–water partition coefficient (Wildman–Crippen LogP) is 3.53. The van der Waals surface area contributed by atoms with Crippen molar-refractivity contribution in [2.24, 2.45) is 0 Å². The first-order valence-corrected chi connectivity index (χ1v) is 9.47. The highest BCUT2D eigenvalue weighted by Gasteiger charge is 2.29. The molecular formula is C20H23NO4S. The van der Waals surface area contributed by atoms with Crippen LogP contribution in [0.3, 0.4) is 0 Å². The van der Waals surface area contributed by atoms with E-state index in [1.165, 1.54) is 11.3 Å². The Balaban J connectivity index is 1.68. The van der Waals surface area contributed by atoms with Crippen molar-refractivity contribution in [1.82, 2.24) is 4.90 Å². The molecule has 0 aliphatic carbocycles. The number of amides is 1. The summed E-state index contributed by atoms with van der Waals surface area (Å²) in [4.78, 5) is 26.6. The molecule has 1 fully saturated rings. The van der Waals surface area contributed by atoms with Gasteiger partial charge in [-0.2, -0.15) is 0 Å². The zero-order chi connectivity index (χ0) is 18.7. The maximum absolute atomic E-state index is 12.6. The van der Waals surface area contributed by atoms with E-state index >= 15 is 0 Å². The van der Waals surface area contributed by atoms with Gasteiger partial charge in [0.2, 0.25) is 5.91 Å². The summed E-state index contributed by atoms with van der Waals surface area (Å²) in [5.74, 6) is 2.00. The minimum Gasteiger partial charge on any atom is -0.497 e. The van der Waals surface area contributed by atoms with Crippen molar-refractivity contribution in [2.75, 3.05) is 27.3 Å². The monoisotopic (exact) mass is 373 g/mol. The molecule has 1 aliphatic rings. The van der Waals surface area contributed by atoms with Crippen molar-refractivity contribution in [3.8, 4) is 11.5 Å². The minimum atomic E-state index is 0.0417. The van der Waals surface area contributed by atoms with Crippen molar-refractivity contribution < 1.29 is 19.1 Å². The second-order valence-electron chi connectivity index (χ2n) is 6.49. The smallest absolute Gasteiger partial charge is 0.227 e. The summed E-state index contributed by atoms with van der Waals surface area (Å²) in [5, 5.41) is 1.90. The molecule has 1 saturated heterocycles. The summed E-state index contributed by atoms with van der Waals surface area (Å²) in [6, 6.07) is 7.61. The van der Waals surface area contributed by atoms with Crippen LogP contribution in [0, 0.1) is 0 Å². The van der Waals surface area contributed by atoms with Crippen LogP contribution in [-0.2, 0) is 11.2 Å². The Kier molecular flexibility index (Phi) is 5.61. The van der Waals surface area contributed by atoms with Gasteiger partial charge < -0.3 is 14.4 Å². The molecule has 138 valence electrons. The van der Waals surface area contributed by atoms with E-state index in [9.17, 15) is 9.59 Å². The Morgan fingerprint density at radius 1 is 1.23 bits per heavy atom. The largest absolute Gasteiger partial charge is 0.497 e. The first kappa shape index (κ1) is 18.5. The van der Waals surface area contributed by atoms with Crippen LogP contribution >= 0.6 is 11.3 Å². The maximum atomic E-state index is 12.6. The lowest BCUT2D eigenvalue weighted by molar-refractivity contribution is -0.129. The van der Waals surface area contributed by atoms with Crippen LogP contribution < -0.4 is 9.47 Å². The molecule has 2 heterocycles. The number of carbonyl (C=O) groups is 2. The fourth-order valence-corrected chi connectivity index (χ4v) is 4.15. The van der Waals surface area contributed by atoms with Crippen molar-refractivity contribution in [3.05, 3.63) is 45.6 Å². The first-order chi connectivity index (χ1) is 12.5. The van der Waals surface area contributed by atoms with Gasteiger partial charge in [0.1, 0.15) is 11.5 Å². The third-order valence-electron chi connectivity index (χ3n) is 4.77. The van der Waals surface area contributed by atoms with Crippen LogP contribution in [0.15, 0.2) is 29.6 Å². The van der Waals surface area contributed by atoms with Crippen molar-refractivity contribution >= 4 is 23.0 Å². The summed E-state index contributed by atoms with van der Waals surface area (Å²) in [5.41, 5.74) is 1.99. The zero-order valence-electron chi connectivity index (χ0n) is 15.3. The molecule has 0 bridgehead atoms. The predicted molar refractivity (Wildman–Crippen MR) is 102 cm³/mol. The van der Waals surface area contributed by atoms with Gasteiger partial charge in [-0.05, 0) is 48.6 Å². The number of hydrogen-bond acceptors (Lipinski definition) is 5. The molecule has 1 aromatic carbocycles. The van der Waals surface area contributed by atoms with Crippen LogP contribution in [0.5, 0.6) is 11.5 Å². The molecule has 3 rings (SSSR count). The lowest BCUT2D eigenvalue weighted by atomic mass is 9.97. The average molecular weight is 373 g/mol. The number of thiophene rings is 1. The molecule has 0 N–H and O–H groups in total. The molecule has 1 atom stereocenters. The van der Waals surface area contributed by atoms with Crippen LogP contribution in [-0.4, -0.2) is 43.9 Å². The van der Waals surface area contributed by atoms with Crippen LogP contribution in [0.4, 0.5) is 0 Å². The molecule has 26 heavy (non-hydrogen) atoms. The summed E-state index contributed by atoms with van der Waals surface area (Å²) in [6.07, 6.45) is 1.24. The second kappa shape index (κ2) is 7.91. The van der Waals surface area contributed by atoms with E-state index in [4.69, 9.17) is 9.47 Å². The molecular weight excluding hydrogens is 350 g/mol. The molecule has 1 amide bonds. The molecule has 1 aromatic heterocycles. The number of nitrogens with zero attached hydrogens (tertiary/aromatic N) is 1. The number of carbonyl (C=O) groups excluding carboxylic acids is 2. The van der Waals surface area contributed by atoms with Gasteiger partial charge >= 0.3 is 0 Å². The Morgan fingerprint density at radius 3 is 2.69 bits per heavy atom. The van der Waals surface area contributed by atoms with Crippen LogP contribution in [0.1, 0.15) is 40.1 Å². The van der Waals surface area contributed by atoms with Gasteiger partial charge in [0, 0.05) is 24.6 Å². The third kappa shape index (κ3) is 3.90. The summed E-state index contributed by atoms with van der Waals surface area (Å²) < 4.78 is 10.8. The van der Waals surface area contributed by atoms with E-state index < -0.39 is 0 Å². The van der Waals surface area contributed by atoms with E-state index in [0.717, 1.165) is 35.6 Å². The first-order valence-electron chi connectivity index (χ1n) is 8.60. The van der Waals surface area contributed by atoms with Gasteiger partial charge in [-0.25, -0.2) is 0 Å². The van der Waals surface area contributed by atoms with Gasteiger partial charge in [-0.1, -0.05) is 0 Å². The molecule has 0 spiro atoms. The number of hydrogen-bond donors (Lipinski definition) is 0. The fraction of sp³-hybridized carbons (Fsp3) is 0.400. The molecule has 1 aliphatic heterocycles. The van der Waals surface area contributed by atoms with E-state index in [-0.39, 0.29) is 17.6 Å². The number of rotatable bonds is 6. The second-order valence-corrected chi connectivity index (χ2v) is 7.40. The van der Waals surface area contributed by atoms with E-state index in [0.29, 0.717) is 17.8 Å². The van der Waals surface area contributed by atoms with E-state index in [1.807, 2.05) is 34.5 Å². The molecule has 2 aromatic rings. The molecule has 0 radical (unpaired) electrons. The Morgan fingerprint density at radius 2 is 2.04 bits per heavy atom. The molecule has 0 unspecified atom stereocenters. The van der Waals surface area contributed by atoms with Gasteiger partial charge in [0.05, 0.1) is 25.5 Å². The fourth-order valence-electron chi connectivity index (χ4n) is 3.34. The van der Waals surface area contributed by atoms with Gasteiger partial charge in [-0.3, -0.25) is 9.59 Å². The maximum Gasteiger partial charge on any atom is 0.227 e. The number of benzene rings is 1. The highest BCUT2D eigenvalue weighted by molar-refractivity contribution is 7.12. The van der Waals surface area contributed by atoms with Crippen LogP contribution in [0.25, 0.3) is 0 Å². The SMILES string of the molecule is COc1ccc(OC)c([C@H]2CCN(C(=O)Cc3csc(C(C)=O)c3)C2)c1. The summed E-state index contributed by atoms with van der Waals surface area (Å²) >= 11 is 1.40. The number of ketones is 1. The summed E-state index contributed by atoms with van der Waals surface area (Å²) in [7, 11) is 3.30. The van der Waals surface area contributed by atoms with Gasteiger partial charge in [0.15, 0.2) is 5.78 Å². The van der Waals surface area contributed by atoms with Crippen LogP contribution in [0.2, 0.25) is 0 Å². The van der Waals surface area contributed by atoms with Gasteiger partial charge in [-0.15, -0.1) is 11.3 Å². The highest BCUT2D eigenvalue weighted by atomic mass is 32.1. The Hall–Kier alpha value is -2.34. The van der Waals surface area contributed by atoms with Gasteiger partial charge in [0.25, 0.3) is 0 Å². The summed E-state index contributed by atoms with van der Waals surface area (Å²) in [6.45, 7) is 2.95. The number of likely N-dealkylation sites (tertiary alicyclic amines) is 1. The number of methoxy groups -OCH3 is 2. The Bertz CT molecular complexity index is 814. The van der Waals surface area contributed by atoms with E-state index in [1.54, 1.807) is 21.1 Å². The Labute approximate surface area is 157 Å². The lowest BCUT2D eigenvalue weighted by Gasteiger charge is -2.18. The van der Waals surface area contributed by atoms with Crippen molar-refractivity contribution in [1.29, 1.82) is 0 Å². The highest BCUT2D eigenvalue weighted by Crippen LogP contribution is 2.36. The lowest BCUT2D eigenvalue weighted by Crippen LogP contribution is -2.29.